The number of hydrogen-bond donors (Lipinski definition) is 1. The number of nitrogens with two attached hydrogens (primary N) is 1. The smallest absolute Gasteiger partial charge is 0.277 e. The average Bonchev–Trinajstić information content (AvgIpc) is 3.36. The van der Waals surface area contributed by atoms with Gasteiger partial charge < -0.3 is 20.3 Å². The Balaban J connectivity index is 1.68. The number of anilines is 2. The van der Waals surface area contributed by atoms with Gasteiger partial charge in [0.2, 0.25) is 5.91 Å². The van der Waals surface area contributed by atoms with Gasteiger partial charge in [-0.1, -0.05) is 0 Å². The minimum absolute atomic E-state index is 0.216. The SMILES string of the molecule is [2H]c1c([2H])c(N2CC([2H])([2H])c3c(C(N)=O)nn(-c4ccc(OC)cc4)c3C2=O)c([2H])c([2H])c1N1CC([2H])([2H])C([2H])([2H])CC1=O. The second-order valence-electron chi connectivity index (χ2n) is 7.32. The van der Waals surface area contributed by atoms with E-state index >= 15 is 0 Å². The van der Waals surface area contributed by atoms with Crippen LogP contribution in [-0.4, -0.2) is 47.7 Å². The van der Waals surface area contributed by atoms with Gasteiger partial charge in [-0.2, -0.15) is 5.10 Å². The molecule has 1 saturated heterocycles. The van der Waals surface area contributed by atoms with Crippen molar-refractivity contribution in [2.24, 2.45) is 5.73 Å². The maximum atomic E-state index is 14.1. The summed E-state index contributed by atoms with van der Waals surface area (Å²) >= 11 is 0. The molecule has 2 N–H and O–H groups in total. The number of nitrogens with zero attached hydrogens (tertiary/aromatic N) is 4. The lowest BCUT2D eigenvalue weighted by Crippen LogP contribution is -2.39. The van der Waals surface area contributed by atoms with Gasteiger partial charge >= 0.3 is 0 Å². The summed E-state index contributed by atoms with van der Waals surface area (Å²) in [5.74, 6) is -2.63. The third-order valence-electron chi connectivity index (χ3n) is 5.34. The topological polar surface area (TPSA) is 111 Å². The van der Waals surface area contributed by atoms with E-state index in [1.807, 2.05) is 0 Å². The molecule has 1 fully saturated rings. The van der Waals surface area contributed by atoms with Gasteiger partial charge in [0.05, 0.1) is 18.3 Å². The number of benzene rings is 2. The van der Waals surface area contributed by atoms with Crippen molar-refractivity contribution >= 4 is 29.1 Å². The molecule has 0 aliphatic carbocycles. The van der Waals surface area contributed by atoms with E-state index in [1.54, 1.807) is 0 Å². The molecule has 0 saturated carbocycles. The van der Waals surface area contributed by atoms with Crippen molar-refractivity contribution < 1.29 is 32.8 Å². The van der Waals surface area contributed by atoms with Crippen LogP contribution in [-0.2, 0) is 11.2 Å². The van der Waals surface area contributed by atoms with Gasteiger partial charge in [0.25, 0.3) is 11.8 Å². The maximum Gasteiger partial charge on any atom is 0.277 e. The third-order valence-corrected chi connectivity index (χ3v) is 5.34. The maximum absolute atomic E-state index is 14.1. The fourth-order valence-corrected chi connectivity index (χ4v) is 3.63. The molecule has 3 aromatic rings. The Morgan fingerprint density at radius 1 is 1.03 bits per heavy atom. The van der Waals surface area contributed by atoms with Gasteiger partial charge in [-0.05, 0) is 67.6 Å². The lowest BCUT2D eigenvalue weighted by atomic mass is 10.0. The van der Waals surface area contributed by atoms with Crippen molar-refractivity contribution in [3.8, 4) is 11.4 Å². The highest BCUT2D eigenvalue weighted by Crippen LogP contribution is 2.31. The summed E-state index contributed by atoms with van der Waals surface area (Å²) in [6.07, 6.45) is -8.56. The van der Waals surface area contributed by atoms with Crippen molar-refractivity contribution in [2.45, 2.75) is 25.5 Å². The predicted octanol–water partition coefficient (Wildman–Crippen LogP) is 2.70. The molecule has 3 heterocycles. The highest BCUT2D eigenvalue weighted by Gasteiger charge is 2.34. The zero-order chi connectivity index (χ0) is 32.7. The third kappa shape index (κ3) is 3.68. The molecule has 2 aliphatic rings. The minimum Gasteiger partial charge on any atom is -0.497 e. The van der Waals surface area contributed by atoms with Crippen molar-refractivity contribution in [3.63, 3.8) is 0 Å². The summed E-state index contributed by atoms with van der Waals surface area (Å²) in [5, 5.41) is 4.12. The lowest BCUT2D eigenvalue weighted by molar-refractivity contribution is -0.119. The van der Waals surface area contributed by atoms with Gasteiger partial charge in [0.15, 0.2) is 5.69 Å². The Morgan fingerprint density at radius 2 is 1.71 bits per heavy atom. The average molecular weight is 470 g/mol. The Bertz CT molecular complexity index is 1710. The first-order chi connectivity index (χ1) is 20.3. The molecule has 34 heavy (non-hydrogen) atoms. The summed E-state index contributed by atoms with van der Waals surface area (Å²) < 4.78 is 90.1. The van der Waals surface area contributed by atoms with E-state index in [-0.39, 0.29) is 5.69 Å². The highest BCUT2D eigenvalue weighted by atomic mass is 16.5. The summed E-state index contributed by atoms with van der Waals surface area (Å²) in [6.45, 7) is -1.74. The molecule has 1 aromatic heterocycles. The number of primary amides is 1. The Labute approximate surface area is 210 Å². The Hall–Kier alpha value is -4.14. The molecule has 0 spiro atoms. The van der Waals surface area contributed by atoms with Crippen molar-refractivity contribution in [2.75, 3.05) is 30.0 Å². The minimum atomic E-state index is -2.59. The first-order valence-electron chi connectivity index (χ1n) is 15.1. The number of piperidine rings is 1. The first-order valence-corrected chi connectivity index (χ1v) is 10.1. The molecule has 3 amide bonds. The van der Waals surface area contributed by atoms with Crippen LogP contribution in [0.4, 0.5) is 11.4 Å². The van der Waals surface area contributed by atoms with Crippen LogP contribution < -0.4 is 20.3 Å². The number of rotatable bonds is 5. The van der Waals surface area contributed by atoms with Crippen LogP contribution in [0.5, 0.6) is 5.75 Å². The van der Waals surface area contributed by atoms with E-state index in [1.165, 1.54) is 31.4 Å². The Kier molecular flexibility index (Phi) is 3.29. The van der Waals surface area contributed by atoms with Crippen LogP contribution in [0.2, 0.25) is 0 Å². The van der Waals surface area contributed by atoms with Gasteiger partial charge in [0, 0.05) is 44.7 Å². The van der Waals surface area contributed by atoms with Gasteiger partial charge in [-0.25, -0.2) is 4.68 Å². The number of carbonyl (C=O) groups is 3. The van der Waals surface area contributed by atoms with Crippen LogP contribution in [0, 0.1) is 0 Å². The number of aromatic nitrogens is 2. The summed E-state index contributed by atoms with van der Waals surface area (Å²) in [5.41, 5.74) is 3.10. The number of fused-ring (bicyclic) bond motifs is 1. The number of carbonyl (C=O) groups excluding carboxylic acids is 3. The Morgan fingerprint density at radius 3 is 2.35 bits per heavy atom. The van der Waals surface area contributed by atoms with Crippen molar-refractivity contribution in [3.05, 3.63) is 65.4 Å². The molecule has 9 nitrogen and oxygen atoms in total. The standard InChI is InChI=1S/C25H25N5O4/c1-34-19-11-9-18(10-12-19)30-23-20(22(27-30)24(26)32)13-15-29(25(23)33)17-7-5-16(6-8-17)28-14-3-2-4-21(28)31/h5-12H,2-4,13-15H2,1H3,(H2,26,32)/i2D2,3D2,5D,6D,7D,8D,13D2. The van der Waals surface area contributed by atoms with Crippen molar-refractivity contribution in [1.82, 2.24) is 9.78 Å². The molecule has 0 radical (unpaired) electrons. The fourth-order valence-electron chi connectivity index (χ4n) is 3.63. The number of hydrogen-bond acceptors (Lipinski definition) is 5. The monoisotopic (exact) mass is 469 g/mol. The van der Waals surface area contributed by atoms with E-state index in [2.05, 4.69) is 5.10 Å². The van der Waals surface area contributed by atoms with Gasteiger partial charge in [-0.3, -0.25) is 14.4 Å². The molecule has 5 rings (SSSR count). The van der Waals surface area contributed by atoms with E-state index in [0.717, 1.165) is 4.68 Å². The van der Waals surface area contributed by atoms with Gasteiger partial charge in [-0.15, -0.1) is 0 Å². The van der Waals surface area contributed by atoms with Crippen LogP contribution in [0.3, 0.4) is 0 Å². The lowest BCUT2D eigenvalue weighted by Gasteiger charge is -2.29. The van der Waals surface area contributed by atoms with Gasteiger partial charge in [0.1, 0.15) is 11.4 Å². The molecule has 2 aromatic carbocycles. The highest BCUT2D eigenvalue weighted by molar-refractivity contribution is 6.09. The van der Waals surface area contributed by atoms with Crippen LogP contribution in [0.1, 0.15) is 59.4 Å². The largest absolute Gasteiger partial charge is 0.497 e. The van der Waals surface area contributed by atoms with Crippen LogP contribution >= 0.6 is 0 Å². The van der Waals surface area contributed by atoms with E-state index in [9.17, 15) is 14.4 Å². The normalized spacial score (nSPS) is 24.6. The molecular formula is C25H25N5O4. The van der Waals surface area contributed by atoms with Crippen LogP contribution in [0.25, 0.3) is 5.69 Å². The quantitative estimate of drug-likeness (QED) is 0.618. The van der Waals surface area contributed by atoms with E-state index in [4.69, 9.17) is 24.2 Å². The fraction of sp³-hybridized carbons (Fsp3) is 0.280. The molecule has 174 valence electrons. The molecule has 0 unspecified atom stereocenters. The predicted molar refractivity (Wildman–Crippen MR) is 127 cm³/mol. The molecule has 0 atom stereocenters. The molecule has 0 bridgehead atoms. The summed E-state index contributed by atoms with van der Waals surface area (Å²) in [7, 11) is 1.44. The second-order valence-corrected chi connectivity index (χ2v) is 7.32. The molecular weight excluding hydrogens is 434 g/mol. The zero-order valence-corrected chi connectivity index (χ0v) is 17.9. The van der Waals surface area contributed by atoms with E-state index in [0.29, 0.717) is 15.5 Å². The number of methoxy groups -OCH3 is 1. The number of amides is 3. The molecule has 2 aliphatic heterocycles. The zero-order valence-electron chi connectivity index (χ0n) is 27.9. The van der Waals surface area contributed by atoms with Crippen LogP contribution in [0.15, 0.2) is 48.4 Å². The van der Waals surface area contributed by atoms with E-state index < -0.39 is 109 Å². The summed E-state index contributed by atoms with van der Waals surface area (Å²) in [6, 6.07) is 2.72. The summed E-state index contributed by atoms with van der Waals surface area (Å²) in [4.78, 5) is 40.5. The van der Waals surface area contributed by atoms with Crippen molar-refractivity contribution in [1.29, 1.82) is 0 Å². The first kappa shape index (κ1) is 12.9. The second kappa shape index (κ2) is 8.66. The number of ether oxygens (including phenoxy) is 1. The molecule has 9 heteroatoms.